The number of hydrogen-bond donors (Lipinski definition) is 1. The second-order valence-corrected chi connectivity index (χ2v) is 5.92. The van der Waals surface area contributed by atoms with Crippen LogP contribution in [-0.2, 0) is 0 Å². The molecular weight excluding hydrogens is 324 g/mol. The van der Waals surface area contributed by atoms with Crippen LogP contribution < -0.4 is 5.32 Å². The van der Waals surface area contributed by atoms with Gasteiger partial charge < -0.3 is 5.32 Å². The predicted molar refractivity (Wildman–Crippen MR) is 91.4 cm³/mol. The Bertz CT molecular complexity index is 1070. The Morgan fingerprint density at radius 1 is 1.12 bits per heavy atom. The van der Waals surface area contributed by atoms with Crippen LogP contribution in [0.1, 0.15) is 24.2 Å². The van der Waals surface area contributed by atoms with Crippen LogP contribution in [0.25, 0.3) is 16.6 Å². The van der Waals surface area contributed by atoms with Crippen molar-refractivity contribution in [1.82, 2.24) is 19.6 Å². The van der Waals surface area contributed by atoms with Gasteiger partial charge in [0.15, 0.2) is 5.65 Å². The fourth-order valence-corrected chi connectivity index (χ4v) is 3.00. The number of pyridine rings is 1. The summed E-state index contributed by atoms with van der Waals surface area (Å²) in [6, 6.07) is 8.86. The molecule has 0 spiro atoms. The fraction of sp³-hybridized carbons (Fsp3) is 0.167. The minimum absolute atomic E-state index is 0.0644. The Morgan fingerprint density at radius 2 is 1.84 bits per heavy atom. The average Bonchev–Trinajstić information content (AvgIpc) is 2.95. The second-order valence-electron chi connectivity index (χ2n) is 5.92. The molecule has 1 unspecified atom stereocenters. The lowest BCUT2D eigenvalue weighted by molar-refractivity contribution is 0.534. The molecule has 0 aliphatic rings. The van der Waals surface area contributed by atoms with Gasteiger partial charge in [0.1, 0.15) is 17.5 Å². The van der Waals surface area contributed by atoms with E-state index < -0.39 is 17.7 Å². The Kier molecular flexibility index (Phi) is 3.56. The van der Waals surface area contributed by atoms with E-state index in [2.05, 4.69) is 20.4 Å². The number of aryl methyl sites for hydroxylation is 1. The number of halogens is 2. The quantitative estimate of drug-likeness (QED) is 0.612. The minimum atomic E-state index is -0.689. The monoisotopic (exact) mass is 339 g/mol. The highest BCUT2D eigenvalue weighted by Crippen LogP contribution is 2.28. The Labute approximate surface area is 142 Å². The summed E-state index contributed by atoms with van der Waals surface area (Å²) >= 11 is 0. The largest absolute Gasteiger partial charge is 0.363 e. The van der Waals surface area contributed by atoms with Crippen molar-refractivity contribution in [3.8, 4) is 0 Å². The highest BCUT2D eigenvalue weighted by molar-refractivity contribution is 5.91. The molecular formula is C18H15F2N5. The molecule has 0 amide bonds. The van der Waals surface area contributed by atoms with E-state index in [9.17, 15) is 8.78 Å². The molecule has 1 atom stereocenters. The lowest BCUT2D eigenvalue weighted by Gasteiger charge is -2.17. The van der Waals surface area contributed by atoms with Crippen molar-refractivity contribution in [3.63, 3.8) is 0 Å². The number of rotatable bonds is 3. The number of fused-ring (bicyclic) bond motifs is 3. The van der Waals surface area contributed by atoms with Crippen molar-refractivity contribution in [2.24, 2.45) is 0 Å². The fourth-order valence-electron chi connectivity index (χ4n) is 3.00. The number of anilines is 1. The van der Waals surface area contributed by atoms with E-state index in [4.69, 9.17) is 0 Å². The summed E-state index contributed by atoms with van der Waals surface area (Å²) in [6.07, 6.45) is 2.01. The summed E-state index contributed by atoms with van der Waals surface area (Å²) in [5.41, 5.74) is 2.31. The molecule has 3 heterocycles. The van der Waals surface area contributed by atoms with Crippen LogP contribution in [0.4, 0.5) is 14.6 Å². The third-order valence-electron chi connectivity index (χ3n) is 4.10. The molecule has 25 heavy (non-hydrogen) atoms. The topological polar surface area (TPSA) is 55.1 Å². The zero-order valence-corrected chi connectivity index (χ0v) is 13.7. The standard InChI is InChI=1S/C18H15F2N5/c1-10-7-16-23-18(12-5-3-4-6-15(12)25(16)24-10)22-11(2)17-13(19)8-21-9-14(17)20/h3-9,11H,1-2H3,(H,22,23). The lowest BCUT2D eigenvalue weighted by Crippen LogP contribution is -2.13. The molecule has 0 saturated carbocycles. The van der Waals surface area contributed by atoms with Crippen molar-refractivity contribution in [2.75, 3.05) is 5.32 Å². The highest BCUT2D eigenvalue weighted by atomic mass is 19.1. The van der Waals surface area contributed by atoms with Gasteiger partial charge >= 0.3 is 0 Å². The van der Waals surface area contributed by atoms with Crippen LogP contribution >= 0.6 is 0 Å². The highest BCUT2D eigenvalue weighted by Gasteiger charge is 2.19. The molecule has 0 radical (unpaired) electrons. The Balaban J connectivity index is 1.85. The van der Waals surface area contributed by atoms with E-state index in [0.29, 0.717) is 11.5 Å². The van der Waals surface area contributed by atoms with Gasteiger partial charge in [0, 0.05) is 17.0 Å². The SMILES string of the molecule is Cc1cc2nc(NC(C)c3c(F)cncc3F)c3ccccc3n2n1. The van der Waals surface area contributed by atoms with Gasteiger partial charge in [-0.15, -0.1) is 0 Å². The molecule has 3 aromatic heterocycles. The molecule has 0 fully saturated rings. The van der Waals surface area contributed by atoms with E-state index >= 15 is 0 Å². The number of para-hydroxylation sites is 1. The third kappa shape index (κ3) is 2.57. The molecule has 4 aromatic rings. The van der Waals surface area contributed by atoms with E-state index in [1.165, 1.54) is 0 Å². The minimum Gasteiger partial charge on any atom is -0.363 e. The Morgan fingerprint density at radius 3 is 2.60 bits per heavy atom. The lowest BCUT2D eigenvalue weighted by atomic mass is 10.1. The van der Waals surface area contributed by atoms with Gasteiger partial charge in [-0.3, -0.25) is 4.98 Å². The molecule has 0 bridgehead atoms. The maximum atomic E-state index is 14.0. The van der Waals surface area contributed by atoms with Gasteiger partial charge in [-0.1, -0.05) is 12.1 Å². The summed E-state index contributed by atoms with van der Waals surface area (Å²) in [5, 5.41) is 8.39. The number of nitrogens with zero attached hydrogens (tertiary/aromatic N) is 4. The van der Waals surface area contributed by atoms with Crippen molar-refractivity contribution >= 4 is 22.4 Å². The van der Waals surface area contributed by atoms with Crippen LogP contribution in [0.5, 0.6) is 0 Å². The summed E-state index contributed by atoms with van der Waals surface area (Å²) < 4.78 is 29.8. The number of nitrogens with one attached hydrogen (secondary N) is 1. The van der Waals surface area contributed by atoms with Crippen LogP contribution in [0.15, 0.2) is 42.7 Å². The number of aromatic nitrogens is 4. The van der Waals surface area contributed by atoms with E-state index in [-0.39, 0.29) is 5.56 Å². The number of benzene rings is 1. The summed E-state index contributed by atoms with van der Waals surface area (Å²) in [6.45, 7) is 3.57. The maximum absolute atomic E-state index is 14.0. The molecule has 0 saturated heterocycles. The first-order valence-electron chi connectivity index (χ1n) is 7.85. The molecule has 1 aromatic carbocycles. The first kappa shape index (κ1) is 15.4. The smallest absolute Gasteiger partial charge is 0.158 e. The number of hydrogen-bond acceptors (Lipinski definition) is 4. The normalized spacial score (nSPS) is 12.6. The molecule has 4 rings (SSSR count). The third-order valence-corrected chi connectivity index (χ3v) is 4.10. The summed E-state index contributed by atoms with van der Waals surface area (Å²) in [7, 11) is 0. The van der Waals surface area contributed by atoms with E-state index in [1.54, 1.807) is 11.4 Å². The van der Waals surface area contributed by atoms with Crippen LogP contribution in [0, 0.1) is 18.6 Å². The van der Waals surface area contributed by atoms with Crippen LogP contribution in [0.3, 0.4) is 0 Å². The molecule has 5 nitrogen and oxygen atoms in total. The second kappa shape index (κ2) is 5.77. The van der Waals surface area contributed by atoms with E-state index in [1.807, 2.05) is 37.3 Å². The molecule has 1 N–H and O–H groups in total. The molecule has 7 heteroatoms. The van der Waals surface area contributed by atoms with Gasteiger partial charge in [-0.2, -0.15) is 5.10 Å². The van der Waals surface area contributed by atoms with E-state index in [0.717, 1.165) is 29.0 Å². The van der Waals surface area contributed by atoms with Crippen molar-refractivity contribution in [3.05, 3.63) is 65.6 Å². The van der Waals surface area contributed by atoms with Gasteiger partial charge in [-0.05, 0) is 26.0 Å². The maximum Gasteiger partial charge on any atom is 0.158 e. The van der Waals surface area contributed by atoms with Gasteiger partial charge in [0.25, 0.3) is 0 Å². The van der Waals surface area contributed by atoms with Gasteiger partial charge in [0.2, 0.25) is 0 Å². The van der Waals surface area contributed by atoms with Crippen LogP contribution in [0.2, 0.25) is 0 Å². The van der Waals surface area contributed by atoms with Crippen molar-refractivity contribution in [2.45, 2.75) is 19.9 Å². The molecule has 0 aliphatic heterocycles. The Hall–Kier alpha value is -3.09. The first-order chi connectivity index (χ1) is 12.0. The molecule has 126 valence electrons. The predicted octanol–water partition coefficient (Wildman–Crippen LogP) is 4.04. The summed E-state index contributed by atoms with van der Waals surface area (Å²) in [4.78, 5) is 8.10. The van der Waals surface area contributed by atoms with Crippen molar-refractivity contribution < 1.29 is 8.78 Å². The first-order valence-corrected chi connectivity index (χ1v) is 7.85. The van der Waals surface area contributed by atoms with Crippen LogP contribution in [-0.4, -0.2) is 19.6 Å². The van der Waals surface area contributed by atoms with Gasteiger partial charge in [0.05, 0.1) is 29.6 Å². The zero-order valence-electron chi connectivity index (χ0n) is 13.7. The zero-order chi connectivity index (χ0) is 17.6. The van der Waals surface area contributed by atoms with Crippen molar-refractivity contribution in [1.29, 1.82) is 0 Å². The molecule has 0 aliphatic carbocycles. The average molecular weight is 339 g/mol. The van der Waals surface area contributed by atoms with Gasteiger partial charge in [-0.25, -0.2) is 18.3 Å². The summed E-state index contributed by atoms with van der Waals surface area (Å²) in [5.74, 6) is -0.831.